The van der Waals surface area contributed by atoms with Crippen LogP contribution >= 0.6 is 0 Å². The van der Waals surface area contributed by atoms with E-state index in [4.69, 9.17) is 4.74 Å². The van der Waals surface area contributed by atoms with Crippen LogP contribution in [0.15, 0.2) is 25.2 Å². The maximum atomic E-state index is 11.8. The lowest BCUT2D eigenvalue weighted by Gasteiger charge is -2.38. The molecule has 0 aliphatic rings. The van der Waals surface area contributed by atoms with E-state index >= 15 is 0 Å². The van der Waals surface area contributed by atoms with Crippen LogP contribution in [-0.4, -0.2) is 45.9 Å². The molecule has 0 fully saturated rings. The summed E-state index contributed by atoms with van der Waals surface area (Å²) in [5.74, 6) is 0. The second-order valence-corrected chi connectivity index (χ2v) is 14.1. The number of ether oxygens (including phenoxy) is 1. The Morgan fingerprint density at radius 3 is 2.60 bits per heavy atom. The summed E-state index contributed by atoms with van der Waals surface area (Å²) in [6.45, 7) is 17.5. The van der Waals surface area contributed by atoms with E-state index in [0.29, 0.717) is 18.8 Å². The first kappa shape index (κ1) is 21.4. The highest BCUT2D eigenvalue weighted by Gasteiger charge is 2.34. The SMILES string of the molecule is C=CCC(c1cn(COCC[Si](C)(C)C)cn1)N(C(=O)O)C(C)(C)C. The molecule has 1 aromatic heterocycles. The van der Waals surface area contributed by atoms with Crippen LogP contribution in [-0.2, 0) is 11.5 Å². The van der Waals surface area contributed by atoms with Crippen molar-refractivity contribution >= 4 is 14.2 Å². The van der Waals surface area contributed by atoms with Gasteiger partial charge in [-0.3, -0.25) is 4.90 Å². The molecule has 1 rings (SSSR count). The summed E-state index contributed by atoms with van der Waals surface area (Å²) in [5.41, 5.74) is 0.183. The Labute approximate surface area is 152 Å². The van der Waals surface area contributed by atoms with Gasteiger partial charge in [0.25, 0.3) is 0 Å². The summed E-state index contributed by atoms with van der Waals surface area (Å²) in [5, 5.41) is 9.66. The number of aromatic nitrogens is 2. The molecule has 0 aliphatic heterocycles. The minimum atomic E-state index is -1.10. The topological polar surface area (TPSA) is 67.6 Å². The lowest BCUT2D eigenvalue weighted by Crippen LogP contribution is -2.47. The van der Waals surface area contributed by atoms with E-state index < -0.39 is 19.7 Å². The lowest BCUT2D eigenvalue weighted by atomic mass is 10.00. The van der Waals surface area contributed by atoms with Crippen molar-refractivity contribution in [2.75, 3.05) is 6.61 Å². The van der Waals surface area contributed by atoms with Gasteiger partial charge < -0.3 is 14.4 Å². The van der Waals surface area contributed by atoms with E-state index in [0.717, 1.165) is 12.7 Å². The molecule has 0 bridgehead atoms. The van der Waals surface area contributed by atoms with Crippen LogP contribution in [0.4, 0.5) is 4.79 Å². The first-order chi connectivity index (χ1) is 11.5. The molecule has 0 radical (unpaired) electrons. The number of hydrogen-bond donors (Lipinski definition) is 1. The summed E-state index contributed by atoms with van der Waals surface area (Å²) < 4.78 is 7.59. The molecular weight excluding hydrogens is 334 g/mol. The number of hydrogen-bond acceptors (Lipinski definition) is 3. The molecule has 7 heteroatoms. The number of imidazole rings is 1. The van der Waals surface area contributed by atoms with Crippen LogP contribution in [0.1, 0.15) is 38.9 Å². The molecular formula is C18H33N3O3Si. The largest absolute Gasteiger partial charge is 0.465 e. The third-order valence-corrected chi connectivity index (χ3v) is 5.57. The quantitative estimate of drug-likeness (QED) is 0.394. The van der Waals surface area contributed by atoms with Gasteiger partial charge in [-0.25, -0.2) is 9.78 Å². The molecule has 142 valence electrons. The van der Waals surface area contributed by atoms with Crippen molar-refractivity contribution in [2.45, 2.75) is 71.2 Å². The molecule has 0 aliphatic carbocycles. The fourth-order valence-corrected chi connectivity index (χ4v) is 3.33. The Morgan fingerprint density at radius 2 is 2.12 bits per heavy atom. The zero-order chi connectivity index (χ0) is 19.3. The van der Waals surface area contributed by atoms with Crippen molar-refractivity contribution in [1.82, 2.24) is 14.5 Å². The Morgan fingerprint density at radius 1 is 1.48 bits per heavy atom. The molecule has 0 saturated carbocycles. The third-order valence-electron chi connectivity index (χ3n) is 3.86. The van der Waals surface area contributed by atoms with Crippen molar-refractivity contribution in [2.24, 2.45) is 0 Å². The summed E-state index contributed by atoms with van der Waals surface area (Å²) in [6.07, 6.45) is 4.85. The number of rotatable bonds is 9. The van der Waals surface area contributed by atoms with Gasteiger partial charge in [-0.15, -0.1) is 6.58 Å². The summed E-state index contributed by atoms with van der Waals surface area (Å²) in [7, 11) is -1.10. The van der Waals surface area contributed by atoms with Crippen LogP contribution < -0.4 is 0 Å². The second kappa shape index (κ2) is 8.67. The van der Waals surface area contributed by atoms with E-state index in [2.05, 4.69) is 31.2 Å². The van der Waals surface area contributed by atoms with Crippen LogP contribution in [0.3, 0.4) is 0 Å². The van der Waals surface area contributed by atoms with Gasteiger partial charge in [-0.2, -0.15) is 0 Å². The molecule has 25 heavy (non-hydrogen) atoms. The third kappa shape index (κ3) is 7.03. The Hall–Kier alpha value is -1.60. The van der Waals surface area contributed by atoms with Gasteiger partial charge >= 0.3 is 6.09 Å². The highest BCUT2D eigenvalue weighted by Crippen LogP contribution is 2.30. The molecule has 1 atom stereocenters. The highest BCUT2D eigenvalue weighted by molar-refractivity contribution is 6.76. The van der Waals surface area contributed by atoms with Crippen molar-refractivity contribution in [1.29, 1.82) is 0 Å². The van der Waals surface area contributed by atoms with Gasteiger partial charge in [0.15, 0.2) is 0 Å². The van der Waals surface area contributed by atoms with Gasteiger partial charge in [-0.05, 0) is 33.2 Å². The highest BCUT2D eigenvalue weighted by atomic mass is 28.3. The Balaban J connectivity index is 2.84. The number of amides is 1. The molecule has 0 saturated heterocycles. The Bertz CT molecular complexity index is 573. The lowest BCUT2D eigenvalue weighted by molar-refractivity contribution is 0.0688. The van der Waals surface area contributed by atoms with Gasteiger partial charge in [0.1, 0.15) is 6.73 Å². The number of carbonyl (C=O) groups is 1. The predicted molar refractivity (Wildman–Crippen MR) is 104 cm³/mol. The zero-order valence-electron chi connectivity index (χ0n) is 16.5. The van der Waals surface area contributed by atoms with E-state index in [9.17, 15) is 9.90 Å². The number of nitrogens with zero attached hydrogens (tertiary/aromatic N) is 3. The van der Waals surface area contributed by atoms with Gasteiger partial charge in [0.05, 0.1) is 18.1 Å². The molecule has 0 spiro atoms. The first-order valence-corrected chi connectivity index (χ1v) is 12.4. The molecule has 0 aromatic carbocycles. The fraction of sp³-hybridized carbons (Fsp3) is 0.667. The summed E-state index contributed by atoms with van der Waals surface area (Å²) >= 11 is 0. The fourth-order valence-electron chi connectivity index (χ4n) is 2.57. The minimum absolute atomic E-state index is 0.363. The van der Waals surface area contributed by atoms with Crippen molar-refractivity contribution in [3.8, 4) is 0 Å². The average Bonchev–Trinajstić information content (AvgIpc) is 2.89. The molecule has 6 nitrogen and oxygen atoms in total. The monoisotopic (exact) mass is 367 g/mol. The molecule has 1 heterocycles. The van der Waals surface area contributed by atoms with Gasteiger partial charge in [0, 0.05) is 26.4 Å². The maximum absolute atomic E-state index is 11.8. The molecule has 1 N–H and O–H groups in total. The van der Waals surface area contributed by atoms with E-state index in [-0.39, 0.29) is 6.04 Å². The molecule has 1 unspecified atom stereocenters. The van der Waals surface area contributed by atoms with Crippen LogP contribution in [0.2, 0.25) is 25.7 Å². The van der Waals surface area contributed by atoms with Crippen molar-refractivity contribution in [3.63, 3.8) is 0 Å². The van der Waals surface area contributed by atoms with E-state index in [1.54, 1.807) is 12.4 Å². The van der Waals surface area contributed by atoms with Crippen molar-refractivity contribution in [3.05, 3.63) is 30.9 Å². The van der Waals surface area contributed by atoms with E-state index in [1.165, 1.54) is 4.90 Å². The van der Waals surface area contributed by atoms with E-state index in [1.807, 2.05) is 31.5 Å². The van der Waals surface area contributed by atoms with Crippen LogP contribution in [0.5, 0.6) is 0 Å². The minimum Gasteiger partial charge on any atom is -0.465 e. The normalized spacial score (nSPS) is 13.5. The Kier molecular flexibility index (Phi) is 7.43. The van der Waals surface area contributed by atoms with Gasteiger partial charge in [-0.1, -0.05) is 25.7 Å². The number of carboxylic acid groups (broad SMARTS) is 1. The van der Waals surface area contributed by atoms with Gasteiger partial charge in [0.2, 0.25) is 0 Å². The van der Waals surface area contributed by atoms with Crippen LogP contribution in [0, 0.1) is 0 Å². The van der Waals surface area contributed by atoms with Crippen molar-refractivity contribution < 1.29 is 14.6 Å². The summed E-state index contributed by atoms with van der Waals surface area (Å²) in [6, 6.07) is 0.753. The first-order valence-electron chi connectivity index (χ1n) is 8.68. The van der Waals surface area contributed by atoms with Crippen LogP contribution in [0.25, 0.3) is 0 Å². The molecule has 1 amide bonds. The summed E-state index contributed by atoms with van der Waals surface area (Å²) in [4.78, 5) is 17.6. The second-order valence-electron chi connectivity index (χ2n) is 8.52. The zero-order valence-corrected chi connectivity index (χ0v) is 17.5. The average molecular weight is 368 g/mol. The standard InChI is InChI=1S/C18H33N3O3Si/c1-8-9-16(21(17(22)23)18(2,3)4)15-12-20(13-19-15)14-24-10-11-25(5,6)7/h8,12-13,16H,1,9-11,14H2,2-7H3,(H,22,23). The molecule has 1 aromatic rings. The predicted octanol–water partition coefficient (Wildman–Crippen LogP) is 4.59. The maximum Gasteiger partial charge on any atom is 0.408 e. The smallest absolute Gasteiger partial charge is 0.408 e.